The highest BCUT2D eigenvalue weighted by atomic mass is 19.1. The van der Waals surface area contributed by atoms with Gasteiger partial charge in [-0.3, -0.25) is 0 Å². The molecule has 0 N–H and O–H groups in total. The fraction of sp³-hybridized carbons (Fsp3) is 0.692. The summed E-state index contributed by atoms with van der Waals surface area (Å²) in [5.41, 5.74) is 0.951. The van der Waals surface area contributed by atoms with Gasteiger partial charge in [-0.05, 0) is 36.8 Å². The van der Waals surface area contributed by atoms with E-state index in [0.29, 0.717) is 5.92 Å². The van der Waals surface area contributed by atoms with E-state index in [9.17, 15) is 4.39 Å². The van der Waals surface area contributed by atoms with Crippen molar-refractivity contribution in [1.82, 2.24) is 0 Å². The fourth-order valence-corrected chi connectivity index (χ4v) is 1.96. The SMILES string of the molecule is CCCCCC(C)C1=CCCC=C1F. The molecule has 0 aromatic heterocycles. The van der Waals surface area contributed by atoms with Crippen LogP contribution in [0.25, 0.3) is 0 Å². The third-order valence-electron chi connectivity index (χ3n) is 2.90. The Labute approximate surface area is 86.9 Å². The summed E-state index contributed by atoms with van der Waals surface area (Å²) in [7, 11) is 0. The summed E-state index contributed by atoms with van der Waals surface area (Å²) in [5.74, 6) is 0.429. The molecule has 14 heavy (non-hydrogen) atoms. The molecule has 0 fully saturated rings. The van der Waals surface area contributed by atoms with Crippen LogP contribution in [0.5, 0.6) is 0 Å². The van der Waals surface area contributed by atoms with E-state index in [0.717, 1.165) is 24.8 Å². The maximum absolute atomic E-state index is 13.4. The molecule has 0 aromatic carbocycles. The van der Waals surface area contributed by atoms with Gasteiger partial charge in [0.15, 0.2) is 0 Å². The molecule has 0 spiro atoms. The van der Waals surface area contributed by atoms with Crippen LogP contribution in [-0.4, -0.2) is 0 Å². The van der Waals surface area contributed by atoms with Crippen LogP contribution in [0.3, 0.4) is 0 Å². The lowest BCUT2D eigenvalue weighted by Crippen LogP contribution is -2.03. The smallest absolute Gasteiger partial charge is 0.122 e. The van der Waals surface area contributed by atoms with Crippen molar-refractivity contribution in [1.29, 1.82) is 0 Å². The van der Waals surface area contributed by atoms with E-state index in [1.807, 2.05) is 0 Å². The van der Waals surface area contributed by atoms with Gasteiger partial charge >= 0.3 is 0 Å². The van der Waals surface area contributed by atoms with Gasteiger partial charge in [-0.25, -0.2) is 4.39 Å². The van der Waals surface area contributed by atoms with Crippen LogP contribution >= 0.6 is 0 Å². The molecule has 0 saturated heterocycles. The van der Waals surface area contributed by atoms with Crippen molar-refractivity contribution in [3.63, 3.8) is 0 Å². The zero-order valence-electron chi connectivity index (χ0n) is 9.35. The number of hydrogen-bond acceptors (Lipinski definition) is 0. The molecule has 1 heteroatoms. The van der Waals surface area contributed by atoms with E-state index >= 15 is 0 Å². The van der Waals surface area contributed by atoms with Gasteiger partial charge < -0.3 is 0 Å². The highest BCUT2D eigenvalue weighted by Crippen LogP contribution is 2.29. The van der Waals surface area contributed by atoms with Crippen LogP contribution in [0.4, 0.5) is 4.39 Å². The second kappa shape index (κ2) is 6.00. The maximum atomic E-state index is 13.4. The van der Waals surface area contributed by atoms with Crippen molar-refractivity contribution >= 4 is 0 Å². The van der Waals surface area contributed by atoms with Gasteiger partial charge in [0.25, 0.3) is 0 Å². The third-order valence-corrected chi connectivity index (χ3v) is 2.90. The average Bonchev–Trinajstić information content (AvgIpc) is 2.18. The number of rotatable bonds is 5. The van der Waals surface area contributed by atoms with Crippen LogP contribution in [0.15, 0.2) is 23.6 Å². The Hall–Kier alpha value is -0.590. The lowest BCUT2D eigenvalue weighted by molar-refractivity contribution is 0.518. The first-order chi connectivity index (χ1) is 6.75. The van der Waals surface area contributed by atoms with Crippen molar-refractivity contribution in [3.8, 4) is 0 Å². The van der Waals surface area contributed by atoms with Crippen molar-refractivity contribution in [2.45, 2.75) is 52.4 Å². The summed E-state index contributed by atoms with van der Waals surface area (Å²) in [4.78, 5) is 0. The predicted octanol–water partition coefficient (Wildman–Crippen LogP) is 4.78. The Bertz CT molecular complexity index is 225. The molecule has 0 aliphatic heterocycles. The van der Waals surface area contributed by atoms with Crippen LogP contribution in [0.2, 0.25) is 0 Å². The Balaban J connectivity index is 2.39. The molecule has 1 aliphatic carbocycles. The van der Waals surface area contributed by atoms with Gasteiger partial charge in [0.05, 0.1) is 0 Å². The predicted molar refractivity (Wildman–Crippen MR) is 59.8 cm³/mol. The molecule has 0 saturated carbocycles. The summed E-state index contributed by atoms with van der Waals surface area (Å²) >= 11 is 0. The molecule has 0 bridgehead atoms. The molecule has 0 amide bonds. The molecule has 1 aliphatic rings. The summed E-state index contributed by atoms with van der Waals surface area (Å²) in [6.07, 6.45) is 10.5. The topological polar surface area (TPSA) is 0 Å². The first-order valence-corrected chi connectivity index (χ1v) is 5.81. The van der Waals surface area contributed by atoms with E-state index < -0.39 is 0 Å². The van der Waals surface area contributed by atoms with E-state index in [2.05, 4.69) is 19.9 Å². The minimum Gasteiger partial charge on any atom is -0.207 e. The number of unbranched alkanes of at least 4 members (excludes halogenated alkanes) is 2. The molecule has 0 aromatic rings. The molecular weight excluding hydrogens is 175 g/mol. The van der Waals surface area contributed by atoms with Crippen LogP contribution < -0.4 is 0 Å². The van der Waals surface area contributed by atoms with Gasteiger partial charge in [0.1, 0.15) is 5.83 Å². The summed E-state index contributed by atoms with van der Waals surface area (Å²) in [5, 5.41) is 0. The van der Waals surface area contributed by atoms with Gasteiger partial charge in [0.2, 0.25) is 0 Å². The van der Waals surface area contributed by atoms with Gasteiger partial charge in [-0.2, -0.15) is 0 Å². The second-order valence-electron chi connectivity index (χ2n) is 4.19. The molecule has 1 unspecified atom stereocenters. The fourth-order valence-electron chi connectivity index (χ4n) is 1.96. The minimum absolute atomic E-state index is 0.0280. The first-order valence-electron chi connectivity index (χ1n) is 5.81. The monoisotopic (exact) mass is 196 g/mol. The molecule has 80 valence electrons. The summed E-state index contributed by atoms with van der Waals surface area (Å²) < 4.78 is 13.4. The van der Waals surface area contributed by atoms with Gasteiger partial charge in [-0.15, -0.1) is 0 Å². The average molecular weight is 196 g/mol. The van der Waals surface area contributed by atoms with Crippen molar-refractivity contribution in [3.05, 3.63) is 23.6 Å². The Kier molecular flexibility index (Phi) is 4.92. The molecule has 0 nitrogen and oxygen atoms in total. The minimum atomic E-state index is 0.0280. The Morgan fingerprint density at radius 1 is 1.29 bits per heavy atom. The maximum Gasteiger partial charge on any atom is 0.122 e. The van der Waals surface area contributed by atoms with Crippen molar-refractivity contribution in [2.24, 2.45) is 5.92 Å². The van der Waals surface area contributed by atoms with Crippen LogP contribution in [-0.2, 0) is 0 Å². The van der Waals surface area contributed by atoms with E-state index in [-0.39, 0.29) is 5.83 Å². The quantitative estimate of drug-likeness (QED) is 0.555. The summed E-state index contributed by atoms with van der Waals surface area (Å²) in [6, 6.07) is 0. The molecule has 1 atom stereocenters. The highest BCUT2D eigenvalue weighted by molar-refractivity contribution is 5.30. The standard InChI is InChI=1S/C13H21F/c1-3-4-5-8-11(2)12-9-6-7-10-13(12)14/h9-11H,3-8H2,1-2H3. The largest absolute Gasteiger partial charge is 0.207 e. The molecule has 0 heterocycles. The third kappa shape index (κ3) is 3.28. The molecular formula is C13H21F. The lowest BCUT2D eigenvalue weighted by Gasteiger charge is -2.17. The van der Waals surface area contributed by atoms with E-state index in [1.165, 1.54) is 19.3 Å². The number of halogens is 1. The van der Waals surface area contributed by atoms with Crippen LogP contribution in [0.1, 0.15) is 52.4 Å². The molecule has 0 radical (unpaired) electrons. The first kappa shape index (κ1) is 11.5. The van der Waals surface area contributed by atoms with Crippen molar-refractivity contribution in [2.75, 3.05) is 0 Å². The Morgan fingerprint density at radius 3 is 2.64 bits per heavy atom. The van der Waals surface area contributed by atoms with Crippen molar-refractivity contribution < 1.29 is 4.39 Å². The zero-order valence-corrected chi connectivity index (χ0v) is 9.35. The Morgan fingerprint density at radius 2 is 2.00 bits per heavy atom. The van der Waals surface area contributed by atoms with E-state index in [4.69, 9.17) is 0 Å². The number of hydrogen-bond donors (Lipinski definition) is 0. The number of allylic oxidation sites excluding steroid dienone is 4. The van der Waals surface area contributed by atoms with Gasteiger partial charge in [0, 0.05) is 0 Å². The van der Waals surface area contributed by atoms with Gasteiger partial charge in [-0.1, -0.05) is 39.2 Å². The van der Waals surface area contributed by atoms with E-state index in [1.54, 1.807) is 6.08 Å². The second-order valence-corrected chi connectivity index (χ2v) is 4.19. The zero-order chi connectivity index (χ0) is 10.4. The highest BCUT2D eigenvalue weighted by Gasteiger charge is 2.14. The molecule has 1 rings (SSSR count). The van der Waals surface area contributed by atoms with Crippen LogP contribution in [0, 0.1) is 5.92 Å². The normalized spacial score (nSPS) is 18.8. The summed E-state index contributed by atoms with van der Waals surface area (Å²) in [6.45, 7) is 4.34. The lowest BCUT2D eigenvalue weighted by atomic mass is 9.90.